The molecule has 6 heteroatoms. The van der Waals surface area contributed by atoms with Crippen molar-refractivity contribution in [1.29, 1.82) is 0 Å². The molecule has 0 heterocycles. The maximum Gasteiger partial charge on any atom is 0.220 e. The minimum absolute atomic E-state index is 0.0452. The summed E-state index contributed by atoms with van der Waals surface area (Å²) in [7, 11) is 0. The number of rotatable bonds is 7. The van der Waals surface area contributed by atoms with Crippen LogP contribution in [0.25, 0.3) is 0 Å². The molecule has 0 aliphatic carbocycles. The van der Waals surface area contributed by atoms with Gasteiger partial charge in [0.05, 0.1) is 0 Å². The van der Waals surface area contributed by atoms with Crippen molar-refractivity contribution in [3.05, 3.63) is 107 Å². The second-order valence-corrected chi connectivity index (χ2v) is 6.90. The minimum atomic E-state index is -1.25. The number of hydrogen-bond donors (Lipinski definition) is 2. The van der Waals surface area contributed by atoms with Gasteiger partial charge in [0.15, 0.2) is 0 Å². The highest BCUT2D eigenvalue weighted by molar-refractivity contribution is 6.31. The van der Waals surface area contributed by atoms with Gasteiger partial charge in [-0.3, -0.25) is 4.79 Å². The van der Waals surface area contributed by atoms with Crippen LogP contribution in [0.3, 0.4) is 0 Å². The Kier molecular flexibility index (Phi) is 14.5. The molecular formula is C25H29ClN2O3-2. The average molecular weight is 441 g/mol. The van der Waals surface area contributed by atoms with Gasteiger partial charge in [0, 0.05) is 18.0 Å². The fraction of sp³-hybridized carbons (Fsp3) is 0.240. The van der Waals surface area contributed by atoms with Gasteiger partial charge < -0.3 is 21.3 Å². The Hall–Kier alpha value is -2.70. The lowest BCUT2D eigenvalue weighted by atomic mass is 10.1. The summed E-state index contributed by atoms with van der Waals surface area (Å²) in [5.41, 5.74) is 8.80. The summed E-state index contributed by atoms with van der Waals surface area (Å²) in [4.78, 5) is 11.7. The minimum Gasteiger partial charge on any atom is -0.868 e. The molecule has 3 rings (SSSR count). The maximum atomic E-state index is 11.7. The SMILES string of the molecule is NCCc1ccccc1.O=C(CCc1ccccc1)NCc1ccccc1Cl.[O-]C[O-]. The van der Waals surface area contributed by atoms with E-state index in [2.05, 4.69) is 17.4 Å². The second-order valence-electron chi connectivity index (χ2n) is 6.50. The van der Waals surface area contributed by atoms with Crippen molar-refractivity contribution in [3.8, 4) is 0 Å². The van der Waals surface area contributed by atoms with Crippen LogP contribution in [0.2, 0.25) is 5.02 Å². The molecule has 0 spiro atoms. The Morgan fingerprint density at radius 2 is 1.29 bits per heavy atom. The molecule has 0 fully saturated rings. The molecular weight excluding hydrogens is 412 g/mol. The van der Waals surface area contributed by atoms with Crippen molar-refractivity contribution in [2.45, 2.75) is 25.8 Å². The van der Waals surface area contributed by atoms with Crippen molar-refractivity contribution in [1.82, 2.24) is 5.32 Å². The Morgan fingerprint density at radius 3 is 1.81 bits per heavy atom. The van der Waals surface area contributed by atoms with Gasteiger partial charge in [0.2, 0.25) is 5.91 Å². The number of halogens is 1. The van der Waals surface area contributed by atoms with Crippen LogP contribution in [0.5, 0.6) is 0 Å². The predicted octanol–water partition coefficient (Wildman–Crippen LogP) is 2.44. The van der Waals surface area contributed by atoms with E-state index in [-0.39, 0.29) is 5.91 Å². The van der Waals surface area contributed by atoms with Crippen LogP contribution in [-0.4, -0.2) is 19.2 Å². The molecule has 0 unspecified atom stereocenters. The lowest BCUT2D eigenvalue weighted by Crippen LogP contribution is -2.23. The molecule has 0 bridgehead atoms. The smallest absolute Gasteiger partial charge is 0.220 e. The third-order valence-corrected chi connectivity index (χ3v) is 4.56. The van der Waals surface area contributed by atoms with Crippen LogP contribution in [0.15, 0.2) is 84.9 Å². The van der Waals surface area contributed by atoms with Gasteiger partial charge in [0.1, 0.15) is 0 Å². The average Bonchev–Trinajstić information content (AvgIpc) is 2.80. The number of hydrogen-bond acceptors (Lipinski definition) is 4. The van der Waals surface area contributed by atoms with Crippen LogP contribution in [0, 0.1) is 0 Å². The van der Waals surface area contributed by atoms with E-state index in [4.69, 9.17) is 27.5 Å². The Morgan fingerprint density at radius 1 is 0.806 bits per heavy atom. The highest BCUT2D eigenvalue weighted by Crippen LogP contribution is 2.14. The zero-order valence-electron chi connectivity index (χ0n) is 17.5. The molecule has 0 saturated carbocycles. The van der Waals surface area contributed by atoms with Crippen LogP contribution >= 0.6 is 11.6 Å². The largest absolute Gasteiger partial charge is 0.868 e. The van der Waals surface area contributed by atoms with Gasteiger partial charge in [0.25, 0.3) is 0 Å². The van der Waals surface area contributed by atoms with E-state index in [0.29, 0.717) is 18.0 Å². The molecule has 1 amide bonds. The van der Waals surface area contributed by atoms with Gasteiger partial charge in [-0.1, -0.05) is 90.5 Å². The number of carbonyl (C=O) groups excluding carboxylic acids is 1. The summed E-state index contributed by atoms with van der Waals surface area (Å²) in [6, 6.07) is 27.8. The number of carbonyl (C=O) groups is 1. The van der Waals surface area contributed by atoms with E-state index < -0.39 is 6.79 Å². The molecule has 0 aliphatic rings. The first-order valence-electron chi connectivity index (χ1n) is 10.0. The molecule has 0 atom stereocenters. The quantitative estimate of drug-likeness (QED) is 0.551. The molecule has 0 aromatic heterocycles. The fourth-order valence-electron chi connectivity index (χ4n) is 2.64. The standard InChI is InChI=1S/C16H16ClNO.C8H11N.CH2O2/c17-15-9-5-4-8-14(15)12-18-16(19)11-10-13-6-2-1-3-7-13;9-7-6-8-4-2-1-3-5-8;2-1-3/h1-9H,10-12H2,(H,18,19);1-5H,6-7,9H2;1H2/q;;-2. The molecule has 3 N–H and O–H groups in total. The third-order valence-electron chi connectivity index (χ3n) is 4.19. The predicted molar refractivity (Wildman–Crippen MR) is 122 cm³/mol. The van der Waals surface area contributed by atoms with E-state index in [0.717, 1.165) is 24.9 Å². The topological polar surface area (TPSA) is 101 Å². The molecule has 166 valence electrons. The summed E-state index contributed by atoms with van der Waals surface area (Å²) >= 11 is 6.03. The zero-order valence-corrected chi connectivity index (χ0v) is 18.3. The van der Waals surface area contributed by atoms with Crippen molar-refractivity contribution in [3.63, 3.8) is 0 Å². The van der Waals surface area contributed by atoms with Gasteiger partial charge in [-0.15, -0.1) is 0 Å². The van der Waals surface area contributed by atoms with Gasteiger partial charge in [-0.05, 0) is 42.1 Å². The number of aryl methyl sites for hydroxylation is 1. The highest BCUT2D eigenvalue weighted by atomic mass is 35.5. The van der Waals surface area contributed by atoms with E-state index in [1.54, 1.807) is 0 Å². The van der Waals surface area contributed by atoms with Crippen LogP contribution < -0.4 is 21.3 Å². The Bertz CT molecular complexity index is 846. The second kappa shape index (κ2) is 17.0. The van der Waals surface area contributed by atoms with E-state index in [9.17, 15) is 4.79 Å². The monoisotopic (exact) mass is 440 g/mol. The van der Waals surface area contributed by atoms with Gasteiger partial charge >= 0.3 is 0 Å². The van der Waals surface area contributed by atoms with Gasteiger partial charge in [-0.25, -0.2) is 6.79 Å². The fourth-order valence-corrected chi connectivity index (χ4v) is 2.84. The van der Waals surface area contributed by atoms with Crippen molar-refractivity contribution in [2.24, 2.45) is 5.73 Å². The number of benzene rings is 3. The van der Waals surface area contributed by atoms with Crippen molar-refractivity contribution < 1.29 is 15.0 Å². The van der Waals surface area contributed by atoms with E-state index >= 15 is 0 Å². The molecule has 0 radical (unpaired) electrons. The first kappa shape index (κ1) is 26.3. The molecule has 5 nitrogen and oxygen atoms in total. The highest BCUT2D eigenvalue weighted by Gasteiger charge is 2.04. The van der Waals surface area contributed by atoms with Gasteiger partial charge in [-0.2, -0.15) is 0 Å². The summed E-state index contributed by atoms with van der Waals surface area (Å²) in [6.07, 6.45) is 2.24. The van der Waals surface area contributed by atoms with Crippen molar-refractivity contribution in [2.75, 3.05) is 13.3 Å². The van der Waals surface area contributed by atoms with E-state index in [1.807, 2.05) is 72.8 Å². The van der Waals surface area contributed by atoms with Crippen LogP contribution in [0.1, 0.15) is 23.1 Å². The number of nitrogens with two attached hydrogens (primary N) is 1. The normalized spacial score (nSPS) is 9.55. The third kappa shape index (κ3) is 12.6. The molecule has 0 aliphatic heterocycles. The molecule has 3 aromatic carbocycles. The zero-order chi connectivity index (χ0) is 22.7. The maximum absolute atomic E-state index is 11.7. The van der Waals surface area contributed by atoms with E-state index in [1.165, 1.54) is 11.1 Å². The lowest BCUT2D eigenvalue weighted by molar-refractivity contribution is -0.596. The van der Waals surface area contributed by atoms with Crippen LogP contribution in [0.4, 0.5) is 0 Å². The summed E-state index contributed by atoms with van der Waals surface area (Å²) in [5, 5.41) is 20.3. The molecule has 0 saturated heterocycles. The van der Waals surface area contributed by atoms with Crippen molar-refractivity contribution >= 4 is 17.5 Å². The summed E-state index contributed by atoms with van der Waals surface area (Å²) in [5.74, 6) is 0.0452. The number of nitrogens with one attached hydrogen (secondary N) is 1. The number of amides is 1. The van der Waals surface area contributed by atoms with Crippen LogP contribution in [-0.2, 0) is 24.2 Å². The Labute approximate surface area is 189 Å². The lowest BCUT2D eigenvalue weighted by Gasteiger charge is -2.07. The summed E-state index contributed by atoms with van der Waals surface area (Å²) in [6.45, 7) is -0.0304. The summed E-state index contributed by atoms with van der Waals surface area (Å²) < 4.78 is 0. The first-order chi connectivity index (χ1) is 15.1. The molecule has 31 heavy (non-hydrogen) atoms. The first-order valence-corrected chi connectivity index (χ1v) is 10.4. The Balaban J connectivity index is 0.000000333. The molecule has 3 aromatic rings.